The third kappa shape index (κ3) is 4.32. The first-order chi connectivity index (χ1) is 16.6. The van der Waals surface area contributed by atoms with Crippen LogP contribution in [0.4, 0.5) is 5.82 Å². The third-order valence-corrected chi connectivity index (χ3v) is 6.52. The van der Waals surface area contributed by atoms with Crippen LogP contribution in [0.25, 0.3) is 11.2 Å². The fourth-order valence-electron chi connectivity index (χ4n) is 4.69. The van der Waals surface area contributed by atoms with Crippen molar-refractivity contribution in [2.45, 2.75) is 62.6 Å². The molecule has 1 aliphatic heterocycles. The standard InChI is InChI=1S/C23H29N5O6/c1-32-14-5-2-4-13(8-14)10-33-16-7-3-6-15(16)27-21-18-22(25-11-24-21)28(12-26-18)23-20(31)19(30)17(9-29)34-23/h2,4-5,8,11-12,15-17,19-20,23,29-31H,3,6-7,9-10H2,1H3,(H,24,25,27). The number of fused-ring (bicyclic) bond motifs is 1. The number of nitrogens with one attached hydrogen (secondary N) is 1. The van der Waals surface area contributed by atoms with Crippen LogP contribution in [0.15, 0.2) is 36.9 Å². The first-order valence-electron chi connectivity index (χ1n) is 11.4. The van der Waals surface area contributed by atoms with Crippen LogP contribution in [-0.4, -0.2) is 79.0 Å². The molecule has 6 atom stereocenters. The molecule has 2 aromatic heterocycles. The van der Waals surface area contributed by atoms with Gasteiger partial charge in [-0.25, -0.2) is 15.0 Å². The van der Waals surface area contributed by atoms with Gasteiger partial charge in [-0.05, 0) is 37.0 Å². The molecule has 3 heterocycles. The number of ether oxygens (including phenoxy) is 3. The number of nitrogens with zero attached hydrogens (tertiary/aromatic N) is 4. The minimum absolute atomic E-state index is 0.0127. The lowest BCUT2D eigenvalue weighted by atomic mass is 10.1. The number of aliphatic hydroxyl groups excluding tert-OH is 3. The Morgan fingerprint density at radius 1 is 1.18 bits per heavy atom. The van der Waals surface area contributed by atoms with E-state index in [-0.39, 0.29) is 12.1 Å². The van der Waals surface area contributed by atoms with Crippen LogP contribution < -0.4 is 10.1 Å². The molecule has 182 valence electrons. The van der Waals surface area contributed by atoms with Gasteiger partial charge in [-0.1, -0.05) is 12.1 Å². The largest absolute Gasteiger partial charge is 0.497 e. The number of hydrogen-bond acceptors (Lipinski definition) is 10. The van der Waals surface area contributed by atoms with Crippen molar-refractivity contribution in [3.63, 3.8) is 0 Å². The summed E-state index contributed by atoms with van der Waals surface area (Å²) < 4.78 is 18.7. The van der Waals surface area contributed by atoms with Crippen LogP contribution in [0.1, 0.15) is 31.1 Å². The van der Waals surface area contributed by atoms with Crippen molar-refractivity contribution in [3.8, 4) is 5.75 Å². The van der Waals surface area contributed by atoms with Gasteiger partial charge in [0.1, 0.15) is 30.4 Å². The normalized spacial score (nSPS) is 29.1. The Morgan fingerprint density at radius 3 is 2.85 bits per heavy atom. The van der Waals surface area contributed by atoms with E-state index in [0.29, 0.717) is 23.6 Å². The van der Waals surface area contributed by atoms with Crippen molar-refractivity contribution in [1.82, 2.24) is 19.5 Å². The maximum Gasteiger partial charge on any atom is 0.167 e. The summed E-state index contributed by atoms with van der Waals surface area (Å²) in [4.78, 5) is 13.1. The smallest absolute Gasteiger partial charge is 0.167 e. The van der Waals surface area contributed by atoms with Gasteiger partial charge in [0.05, 0.1) is 38.8 Å². The van der Waals surface area contributed by atoms with Crippen LogP contribution in [0, 0.1) is 0 Å². The summed E-state index contributed by atoms with van der Waals surface area (Å²) in [6.07, 6.45) is 1.63. The quantitative estimate of drug-likeness (QED) is 0.375. The van der Waals surface area contributed by atoms with Gasteiger partial charge in [0, 0.05) is 0 Å². The number of rotatable bonds is 8. The van der Waals surface area contributed by atoms with Gasteiger partial charge in [-0.15, -0.1) is 0 Å². The zero-order valence-electron chi connectivity index (χ0n) is 18.8. The molecular formula is C23H29N5O6. The second-order valence-electron chi connectivity index (χ2n) is 8.66. The minimum atomic E-state index is -1.22. The Bertz CT molecular complexity index is 1130. The number of hydrogen-bond donors (Lipinski definition) is 4. The molecule has 34 heavy (non-hydrogen) atoms. The summed E-state index contributed by atoms with van der Waals surface area (Å²) in [5.41, 5.74) is 2.03. The molecule has 11 heteroatoms. The van der Waals surface area contributed by atoms with E-state index in [1.54, 1.807) is 11.7 Å². The van der Waals surface area contributed by atoms with Crippen LogP contribution in [0.2, 0.25) is 0 Å². The van der Waals surface area contributed by atoms with E-state index >= 15 is 0 Å². The van der Waals surface area contributed by atoms with E-state index in [1.165, 1.54) is 12.7 Å². The molecule has 0 amide bonds. The van der Waals surface area contributed by atoms with E-state index in [9.17, 15) is 15.3 Å². The monoisotopic (exact) mass is 471 g/mol. The lowest BCUT2D eigenvalue weighted by molar-refractivity contribution is -0.0511. The highest BCUT2D eigenvalue weighted by atomic mass is 16.6. The van der Waals surface area contributed by atoms with Crippen LogP contribution in [0.3, 0.4) is 0 Å². The fourth-order valence-corrected chi connectivity index (χ4v) is 4.69. The highest BCUT2D eigenvalue weighted by Crippen LogP contribution is 2.33. The first kappa shape index (κ1) is 22.9. The van der Waals surface area contributed by atoms with Gasteiger partial charge in [0.2, 0.25) is 0 Å². The Labute approximate surface area is 196 Å². The topological polar surface area (TPSA) is 144 Å². The van der Waals surface area contributed by atoms with Crippen LogP contribution in [0.5, 0.6) is 5.75 Å². The van der Waals surface area contributed by atoms with Gasteiger partial charge < -0.3 is 34.8 Å². The molecule has 4 N–H and O–H groups in total. The van der Waals surface area contributed by atoms with E-state index in [0.717, 1.165) is 30.6 Å². The average Bonchev–Trinajstić information content (AvgIpc) is 3.56. The highest BCUT2D eigenvalue weighted by molar-refractivity contribution is 5.82. The van der Waals surface area contributed by atoms with Crippen molar-refractivity contribution >= 4 is 17.0 Å². The predicted molar refractivity (Wildman–Crippen MR) is 121 cm³/mol. The number of aliphatic hydroxyl groups is 3. The van der Waals surface area contributed by atoms with Crippen LogP contribution >= 0.6 is 0 Å². The van der Waals surface area contributed by atoms with E-state index < -0.39 is 31.1 Å². The second-order valence-corrected chi connectivity index (χ2v) is 8.66. The van der Waals surface area contributed by atoms with Crippen molar-refractivity contribution in [1.29, 1.82) is 0 Å². The van der Waals surface area contributed by atoms with E-state index in [4.69, 9.17) is 14.2 Å². The summed E-state index contributed by atoms with van der Waals surface area (Å²) in [5, 5.41) is 33.3. The first-order valence-corrected chi connectivity index (χ1v) is 11.4. The molecule has 1 aliphatic carbocycles. The minimum Gasteiger partial charge on any atom is -0.497 e. The van der Waals surface area contributed by atoms with E-state index in [2.05, 4.69) is 20.3 Å². The molecule has 2 aliphatic rings. The maximum atomic E-state index is 10.4. The molecule has 0 bridgehead atoms. The average molecular weight is 472 g/mol. The molecule has 0 radical (unpaired) electrons. The number of aromatic nitrogens is 4. The number of anilines is 1. The molecule has 11 nitrogen and oxygen atoms in total. The Kier molecular flexibility index (Phi) is 6.61. The lowest BCUT2D eigenvalue weighted by Crippen LogP contribution is -2.33. The summed E-state index contributed by atoms with van der Waals surface area (Å²) in [7, 11) is 1.65. The summed E-state index contributed by atoms with van der Waals surface area (Å²) in [6.45, 7) is 0.0844. The van der Waals surface area contributed by atoms with Crippen LogP contribution in [-0.2, 0) is 16.1 Å². The number of methoxy groups -OCH3 is 1. The van der Waals surface area contributed by atoms with Gasteiger partial charge in [0.25, 0.3) is 0 Å². The Hall–Kier alpha value is -2.83. The molecule has 1 saturated carbocycles. The van der Waals surface area contributed by atoms with Crippen molar-refractivity contribution in [2.24, 2.45) is 0 Å². The van der Waals surface area contributed by atoms with Gasteiger partial charge in [-0.2, -0.15) is 0 Å². The third-order valence-electron chi connectivity index (χ3n) is 6.52. The lowest BCUT2D eigenvalue weighted by Gasteiger charge is -2.22. The SMILES string of the molecule is COc1cccc(COC2CCCC2Nc2ncnc3c2ncn3C2OC(CO)C(O)C2O)c1. The van der Waals surface area contributed by atoms with Gasteiger partial charge in [-0.3, -0.25) is 4.57 Å². The molecule has 6 unspecified atom stereocenters. The second kappa shape index (κ2) is 9.80. The Balaban J connectivity index is 1.31. The molecular weight excluding hydrogens is 442 g/mol. The molecule has 2 fully saturated rings. The summed E-state index contributed by atoms with van der Waals surface area (Å²) >= 11 is 0. The summed E-state index contributed by atoms with van der Waals surface area (Å²) in [6, 6.07) is 7.89. The predicted octanol–water partition coefficient (Wildman–Crippen LogP) is 0.996. The molecule has 1 aromatic carbocycles. The van der Waals surface area contributed by atoms with Gasteiger partial charge in [0.15, 0.2) is 23.2 Å². The zero-order chi connectivity index (χ0) is 23.7. The summed E-state index contributed by atoms with van der Waals surface area (Å²) in [5.74, 6) is 1.37. The van der Waals surface area contributed by atoms with Crippen molar-refractivity contribution in [2.75, 3.05) is 19.0 Å². The fraction of sp³-hybridized carbons (Fsp3) is 0.522. The molecule has 3 aromatic rings. The molecule has 1 saturated heterocycles. The zero-order valence-corrected chi connectivity index (χ0v) is 18.8. The maximum absolute atomic E-state index is 10.4. The van der Waals surface area contributed by atoms with E-state index in [1.807, 2.05) is 24.3 Å². The number of benzene rings is 1. The highest BCUT2D eigenvalue weighted by Gasteiger charge is 2.44. The van der Waals surface area contributed by atoms with Crippen molar-refractivity contribution < 1.29 is 29.5 Å². The van der Waals surface area contributed by atoms with Crippen molar-refractivity contribution in [3.05, 3.63) is 42.5 Å². The number of imidazole rings is 1. The molecule has 0 spiro atoms. The Morgan fingerprint density at radius 2 is 2.06 bits per heavy atom. The van der Waals surface area contributed by atoms with Gasteiger partial charge >= 0.3 is 0 Å². The molecule has 5 rings (SSSR count).